The maximum atomic E-state index is 12.5. The summed E-state index contributed by atoms with van der Waals surface area (Å²) >= 11 is 4.92. The van der Waals surface area contributed by atoms with Crippen molar-refractivity contribution >= 4 is 23.1 Å². The molecular formula is C16H22N2OS. The van der Waals surface area contributed by atoms with Crippen molar-refractivity contribution in [1.82, 2.24) is 4.90 Å². The molecule has 20 heavy (non-hydrogen) atoms. The molecule has 2 rings (SSSR count). The van der Waals surface area contributed by atoms with Crippen LogP contribution >= 0.6 is 12.2 Å². The highest BCUT2D eigenvalue weighted by Crippen LogP contribution is 2.23. The second-order valence-electron chi connectivity index (χ2n) is 5.55. The third kappa shape index (κ3) is 3.79. The molecule has 0 aliphatic heterocycles. The molecular weight excluding hydrogens is 268 g/mol. The second kappa shape index (κ2) is 6.84. The van der Waals surface area contributed by atoms with Crippen molar-refractivity contribution < 1.29 is 4.79 Å². The number of hydrogen-bond acceptors (Lipinski definition) is 2. The smallest absolute Gasteiger partial charge is 0.253 e. The molecule has 0 spiro atoms. The third-order valence-corrected chi connectivity index (χ3v) is 4.14. The van der Waals surface area contributed by atoms with Crippen LogP contribution in [0.3, 0.4) is 0 Å². The van der Waals surface area contributed by atoms with Crippen LogP contribution in [-0.2, 0) is 6.42 Å². The Kier molecular flexibility index (Phi) is 5.12. The van der Waals surface area contributed by atoms with Crippen LogP contribution in [0.4, 0.5) is 0 Å². The van der Waals surface area contributed by atoms with Crippen LogP contribution in [0.15, 0.2) is 24.3 Å². The molecule has 0 saturated heterocycles. The second-order valence-corrected chi connectivity index (χ2v) is 6.08. The van der Waals surface area contributed by atoms with Gasteiger partial charge < -0.3 is 10.6 Å². The molecule has 1 amide bonds. The van der Waals surface area contributed by atoms with Gasteiger partial charge in [0.1, 0.15) is 0 Å². The van der Waals surface area contributed by atoms with E-state index in [4.69, 9.17) is 18.0 Å². The summed E-state index contributed by atoms with van der Waals surface area (Å²) < 4.78 is 0. The van der Waals surface area contributed by atoms with Crippen LogP contribution in [-0.4, -0.2) is 28.9 Å². The van der Waals surface area contributed by atoms with Crippen molar-refractivity contribution in [1.29, 1.82) is 0 Å². The van der Waals surface area contributed by atoms with Crippen molar-refractivity contribution in [3.8, 4) is 0 Å². The average Bonchev–Trinajstić information content (AvgIpc) is 2.46. The minimum atomic E-state index is 0.0988. The van der Waals surface area contributed by atoms with E-state index in [1.807, 2.05) is 36.2 Å². The molecule has 2 N–H and O–H groups in total. The molecule has 1 aliphatic carbocycles. The van der Waals surface area contributed by atoms with Gasteiger partial charge in [-0.3, -0.25) is 4.79 Å². The van der Waals surface area contributed by atoms with Gasteiger partial charge in [0.2, 0.25) is 0 Å². The van der Waals surface area contributed by atoms with Crippen molar-refractivity contribution in [2.45, 2.75) is 44.6 Å². The average molecular weight is 290 g/mol. The van der Waals surface area contributed by atoms with Gasteiger partial charge in [-0.25, -0.2) is 0 Å². The standard InChI is InChI=1S/C16H22N2OS/c1-18(14-8-3-2-4-9-14)16(19)13-7-5-6-12(10-13)11-15(17)20/h5-7,10,14H,2-4,8-9,11H2,1H3,(H2,17,20). The molecule has 1 saturated carbocycles. The lowest BCUT2D eigenvalue weighted by Gasteiger charge is -2.31. The molecule has 1 aromatic rings. The fourth-order valence-electron chi connectivity index (χ4n) is 2.85. The fourth-order valence-corrected chi connectivity index (χ4v) is 3.02. The Labute approximate surface area is 126 Å². The summed E-state index contributed by atoms with van der Waals surface area (Å²) in [5.41, 5.74) is 7.29. The van der Waals surface area contributed by atoms with E-state index in [0.717, 1.165) is 24.0 Å². The van der Waals surface area contributed by atoms with Gasteiger partial charge in [0, 0.05) is 25.1 Å². The first-order chi connectivity index (χ1) is 9.58. The highest BCUT2D eigenvalue weighted by Gasteiger charge is 2.22. The number of nitrogens with two attached hydrogens (primary N) is 1. The molecule has 0 atom stereocenters. The van der Waals surface area contributed by atoms with E-state index in [2.05, 4.69) is 0 Å². The zero-order valence-electron chi connectivity index (χ0n) is 12.0. The zero-order chi connectivity index (χ0) is 14.5. The number of carbonyl (C=O) groups excluding carboxylic acids is 1. The molecule has 1 aromatic carbocycles. The fraction of sp³-hybridized carbons (Fsp3) is 0.500. The molecule has 0 unspecified atom stereocenters. The summed E-state index contributed by atoms with van der Waals surface area (Å²) in [5.74, 6) is 0.0988. The Balaban J connectivity index is 2.09. The van der Waals surface area contributed by atoms with Crippen LogP contribution in [0.1, 0.15) is 48.0 Å². The van der Waals surface area contributed by atoms with Gasteiger partial charge >= 0.3 is 0 Å². The Morgan fingerprint density at radius 3 is 2.70 bits per heavy atom. The lowest BCUT2D eigenvalue weighted by Crippen LogP contribution is -2.38. The molecule has 3 nitrogen and oxygen atoms in total. The SMILES string of the molecule is CN(C(=O)c1cccc(CC(N)=S)c1)C1CCCCC1. The van der Waals surface area contributed by atoms with E-state index in [0.29, 0.717) is 17.5 Å². The van der Waals surface area contributed by atoms with Crippen LogP contribution in [0.2, 0.25) is 0 Å². The van der Waals surface area contributed by atoms with E-state index in [1.165, 1.54) is 19.3 Å². The topological polar surface area (TPSA) is 46.3 Å². The molecule has 4 heteroatoms. The molecule has 108 valence electrons. The summed E-state index contributed by atoms with van der Waals surface area (Å²) in [5, 5.41) is 0. The molecule has 1 fully saturated rings. The highest BCUT2D eigenvalue weighted by molar-refractivity contribution is 7.80. The van der Waals surface area contributed by atoms with Gasteiger partial charge in [-0.2, -0.15) is 0 Å². The number of benzene rings is 1. The van der Waals surface area contributed by atoms with Gasteiger partial charge in [0.05, 0.1) is 4.99 Å². The van der Waals surface area contributed by atoms with Crippen molar-refractivity contribution in [2.24, 2.45) is 5.73 Å². The number of amides is 1. The van der Waals surface area contributed by atoms with Gasteiger partial charge in [-0.1, -0.05) is 43.6 Å². The van der Waals surface area contributed by atoms with Gasteiger partial charge in [0.15, 0.2) is 0 Å². The maximum Gasteiger partial charge on any atom is 0.253 e. The monoisotopic (exact) mass is 290 g/mol. The summed E-state index contributed by atoms with van der Waals surface area (Å²) in [6.07, 6.45) is 6.53. The quantitative estimate of drug-likeness (QED) is 0.867. The summed E-state index contributed by atoms with van der Waals surface area (Å²) in [7, 11) is 1.92. The number of hydrogen-bond donors (Lipinski definition) is 1. The first-order valence-electron chi connectivity index (χ1n) is 7.22. The van der Waals surface area contributed by atoms with Crippen LogP contribution in [0.25, 0.3) is 0 Å². The van der Waals surface area contributed by atoms with E-state index >= 15 is 0 Å². The first-order valence-corrected chi connectivity index (χ1v) is 7.63. The van der Waals surface area contributed by atoms with Crippen LogP contribution < -0.4 is 5.73 Å². The van der Waals surface area contributed by atoms with E-state index in [1.54, 1.807) is 0 Å². The van der Waals surface area contributed by atoms with Crippen molar-refractivity contribution in [3.05, 3.63) is 35.4 Å². The van der Waals surface area contributed by atoms with Crippen molar-refractivity contribution in [2.75, 3.05) is 7.05 Å². The minimum Gasteiger partial charge on any atom is -0.393 e. The molecule has 1 aliphatic rings. The summed E-state index contributed by atoms with van der Waals surface area (Å²) in [4.78, 5) is 14.9. The third-order valence-electron chi connectivity index (χ3n) is 4.00. The highest BCUT2D eigenvalue weighted by atomic mass is 32.1. The predicted molar refractivity (Wildman–Crippen MR) is 85.9 cm³/mol. The number of rotatable bonds is 4. The molecule has 0 heterocycles. The van der Waals surface area contributed by atoms with Gasteiger partial charge in [0.25, 0.3) is 5.91 Å². The van der Waals surface area contributed by atoms with Crippen LogP contribution in [0.5, 0.6) is 0 Å². The van der Waals surface area contributed by atoms with Gasteiger partial charge in [-0.05, 0) is 30.5 Å². The lowest BCUT2D eigenvalue weighted by molar-refractivity contribution is 0.0696. The number of nitrogens with zero attached hydrogens (tertiary/aromatic N) is 1. The molecule has 0 bridgehead atoms. The zero-order valence-corrected chi connectivity index (χ0v) is 12.8. The number of thiocarbonyl (C=S) groups is 1. The summed E-state index contributed by atoms with van der Waals surface area (Å²) in [6.45, 7) is 0. The predicted octanol–water partition coefficient (Wildman–Crippen LogP) is 2.92. The summed E-state index contributed by atoms with van der Waals surface area (Å²) in [6, 6.07) is 8.01. The minimum absolute atomic E-state index is 0.0988. The normalized spacial score (nSPS) is 15.8. The Morgan fingerprint density at radius 2 is 2.05 bits per heavy atom. The van der Waals surface area contributed by atoms with Crippen molar-refractivity contribution in [3.63, 3.8) is 0 Å². The van der Waals surface area contributed by atoms with E-state index in [9.17, 15) is 4.79 Å². The lowest BCUT2D eigenvalue weighted by atomic mass is 9.94. The van der Waals surface area contributed by atoms with E-state index < -0.39 is 0 Å². The van der Waals surface area contributed by atoms with E-state index in [-0.39, 0.29) is 5.91 Å². The largest absolute Gasteiger partial charge is 0.393 e. The van der Waals surface area contributed by atoms with Crippen LogP contribution in [0, 0.1) is 0 Å². The Morgan fingerprint density at radius 1 is 1.35 bits per heavy atom. The first kappa shape index (κ1) is 15.0. The molecule has 0 aromatic heterocycles. The Bertz CT molecular complexity index is 495. The van der Waals surface area contributed by atoms with Gasteiger partial charge in [-0.15, -0.1) is 0 Å². The number of carbonyl (C=O) groups is 1. The Hall–Kier alpha value is -1.42. The maximum absolute atomic E-state index is 12.5. The molecule has 0 radical (unpaired) electrons.